The number of ether oxygens (including phenoxy) is 2. The van der Waals surface area contributed by atoms with Gasteiger partial charge in [0.25, 0.3) is 0 Å². The fraction of sp³-hybridized carbons (Fsp3) is 0.500. The third-order valence-electron chi connectivity index (χ3n) is 2.75. The average Bonchev–Trinajstić information content (AvgIpc) is 2.38. The first-order valence-electron chi connectivity index (χ1n) is 5.43. The van der Waals surface area contributed by atoms with Gasteiger partial charge in [-0.3, -0.25) is 4.79 Å². The molecule has 1 aromatic heterocycles. The van der Waals surface area contributed by atoms with Crippen molar-refractivity contribution in [2.24, 2.45) is 5.73 Å². The van der Waals surface area contributed by atoms with Crippen molar-refractivity contribution < 1.29 is 14.3 Å². The number of amides is 1. The predicted molar refractivity (Wildman–Crippen MR) is 64.1 cm³/mol. The van der Waals surface area contributed by atoms with Crippen molar-refractivity contribution in [1.29, 1.82) is 0 Å². The number of rotatable bonds is 3. The number of carbonyl (C=O) groups is 1. The number of nitrogens with two attached hydrogens (primary N) is 2. The van der Waals surface area contributed by atoms with Gasteiger partial charge < -0.3 is 25.8 Å². The van der Waals surface area contributed by atoms with Crippen LogP contribution in [-0.4, -0.2) is 48.8 Å². The van der Waals surface area contributed by atoms with Crippen molar-refractivity contribution in [3.63, 3.8) is 0 Å². The number of morpholine rings is 1. The average molecular weight is 253 g/mol. The van der Waals surface area contributed by atoms with Crippen LogP contribution in [-0.2, 0) is 9.53 Å². The summed E-state index contributed by atoms with van der Waals surface area (Å²) in [5.74, 6) is 0.536. The third kappa shape index (κ3) is 2.14. The Bertz CT molecular complexity index is 453. The molecule has 1 amide bonds. The zero-order chi connectivity index (χ0) is 13.1. The van der Waals surface area contributed by atoms with Crippen molar-refractivity contribution in [3.05, 3.63) is 6.33 Å². The summed E-state index contributed by atoms with van der Waals surface area (Å²) >= 11 is 0. The topological polar surface area (TPSA) is 117 Å². The van der Waals surface area contributed by atoms with E-state index in [-0.39, 0.29) is 12.4 Å². The van der Waals surface area contributed by atoms with Gasteiger partial charge in [-0.05, 0) is 0 Å². The fourth-order valence-electron chi connectivity index (χ4n) is 1.87. The summed E-state index contributed by atoms with van der Waals surface area (Å²) in [5, 5.41) is 0. The molecule has 0 saturated carbocycles. The highest BCUT2D eigenvalue weighted by molar-refractivity contribution is 5.84. The van der Waals surface area contributed by atoms with Gasteiger partial charge in [-0.15, -0.1) is 0 Å². The Hall–Kier alpha value is -2.09. The molecular formula is C10H15N5O3. The first kappa shape index (κ1) is 12.4. The van der Waals surface area contributed by atoms with E-state index in [9.17, 15) is 4.79 Å². The van der Waals surface area contributed by atoms with E-state index in [2.05, 4.69) is 9.97 Å². The summed E-state index contributed by atoms with van der Waals surface area (Å²) in [4.78, 5) is 21.1. The lowest BCUT2D eigenvalue weighted by molar-refractivity contribution is -0.121. The molecule has 4 N–H and O–H groups in total. The molecule has 0 radical (unpaired) electrons. The van der Waals surface area contributed by atoms with Gasteiger partial charge in [-0.25, -0.2) is 9.97 Å². The monoisotopic (exact) mass is 253 g/mol. The lowest BCUT2D eigenvalue weighted by Crippen LogP contribution is -2.53. The largest absolute Gasteiger partial charge is 0.490 e. The van der Waals surface area contributed by atoms with E-state index in [1.54, 1.807) is 4.90 Å². The number of hydrogen-bond acceptors (Lipinski definition) is 7. The van der Waals surface area contributed by atoms with E-state index < -0.39 is 11.9 Å². The Kier molecular flexibility index (Phi) is 3.47. The first-order chi connectivity index (χ1) is 8.65. The molecular weight excluding hydrogens is 238 g/mol. The minimum Gasteiger partial charge on any atom is -0.490 e. The Balaban J connectivity index is 2.39. The molecule has 8 heteroatoms. The molecule has 8 nitrogen and oxygen atoms in total. The third-order valence-corrected chi connectivity index (χ3v) is 2.75. The number of aromatic nitrogens is 2. The first-order valence-corrected chi connectivity index (χ1v) is 5.43. The summed E-state index contributed by atoms with van der Waals surface area (Å²) in [7, 11) is 1.47. The second-order valence-corrected chi connectivity index (χ2v) is 3.80. The van der Waals surface area contributed by atoms with Gasteiger partial charge >= 0.3 is 0 Å². The van der Waals surface area contributed by atoms with E-state index in [1.165, 1.54) is 13.4 Å². The number of hydrogen-bond donors (Lipinski definition) is 2. The van der Waals surface area contributed by atoms with Crippen LogP contribution in [0.25, 0.3) is 0 Å². The quantitative estimate of drug-likeness (QED) is 0.691. The van der Waals surface area contributed by atoms with Crippen LogP contribution in [0.2, 0.25) is 0 Å². The number of primary amides is 1. The zero-order valence-electron chi connectivity index (χ0n) is 10.00. The Morgan fingerprint density at radius 3 is 3.06 bits per heavy atom. The van der Waals surface area contributed by atoms with Crippen LogP contribution in [0.5, 0.6) is 5.75 Å². The molecule has 18 heavy (non-hydrogen) atoms. The SMILES string of the molecule is COc1c(N)ncnc1N1CCOCC1C(N)=O. The van der Waals surface area contributed by atoms with Gasteiger partial charge in [0.2, 0.25) is 11.7 Å². The Labute approximate surface area is 104 Å². The molecule has 1 aliphatic heterocycles. The smallest absolute Gasteiger partial charge is 0.242 e. The van der Waals surface area contributed by atoms with Gasteiger partial charge in [-0.2, -0.15) is 0 Å². The van der Waals surface area contributed by atoms with Gasteiger partial charge in [0.05, 0.1) is 20.3 Å². The molecule has 2 heterocycles. The number of anilines is 2. The molecule has 1 aliphatic rings. The molecule has 0 aliphatic carbocycles. The Morgan fingerprint density at radius 1 is 1.61 bits per heavy atom. The highest BCUT2D eigenvalue weighted by atomic mass is 16.5. The van der Waals surface area contributed by atoms with Crippen LogP contribution in [0.15, 0.2) is 6.33 Å². The van der Waals surface area contributed by atoms with Crippen molar-refractivity contribution in [2.45, 2.75) is 6.04 Å². The number of methoxy groups -OCH3 is 1. The fourth-order valence-corrected chi connectivity index (χ4v) is 1.87. The van der Waals surface area contributed by atoms with Gasteiger partial charge in [0, 0.05) is 6.54 Å². The number of nitrogens with zero attached hydrogens (tertiary/aromatic N) is 3. The van der Waals surface area contributed by atoms with Crippen molar-refractivity contribution in [1.82, 2.24) is 9.97 Å². The summed E-state index contributed by atoms with van der Waals surface area (Å²) < 4.78 is 10.4. The molecule has 1 unspecified atom stereocenters. The highest BCUT2D eigenvalue weighted by Crippen LogP contribution is 2.31. The molecule has 1 saturated heterocycles. The minimum absolute atomic E-state index is 0.220. The second-order valence-electron chi connectivity index (χ2n) is 3.80. The normalized spacial score (nSPS) is 19.6. The van der Waals surface area contributed by atoms with Crippen molar-refractivity contribution in [3.8, 4) is 5.75 Å². The number of carbonyl (C=O) groups excluding carboxylic acids is 1. The zero-order valence-corrected chi connectivity index (χ0v) is 10.00. The lowest BCUT2D eigenvalue weighted by atomic mass is 10.2. The van der Waals surface area contributed by atoms with E-state index >= 15 is 0 Å². The molecule has 1 fully saturated rings. The molecule has 0 bridgehead atoms. The van der Waals surface area contributed by atoms with Crippen molar-refractivity contribution in [2.75, 3.05) is 37.5 Å². The van der Waals surface area contributed by atoms with Crippen molar-refractivity contribution >= 4 is 17.5 Å². The number of nitrogen functional groups attached to an aromatic ring is 1. The van der Waals surface area contributed by atoms with Crippen LogP contribution in [0, 0.1) is 0 Å². The van der Waals surface area contributed by atoms with Crippen LogP contribution in [0.1, 0.15) is 0 Å². The molecule has 2 rings (SSSR count). The maximum absolute atomic E-state index is 11.4. The van der Waals surface area contributed by atoms with E-state index in [4.69, 9.17) is 20.9 Å². The summed E-state index contributed by atoms with van der Waals surface area (Å²) in [6.07, 6.45) is 1.32. The van der Waals surface area contributed by atoms with E-state index in [1.807, 2.05) is 0 Å². The van der Waals surface area contributed by atoms with Gasteiger partial charge in [0.1, 0.15) is 12.4 Å². The van der Waals surface area contributed by atoms with Crippen LogP contribution in [0.3, 0.4) is 0 Å². The highest BCUT2D eigenvalue weighted by Gasteiger charge is 2.31. The van der Waals surface area contributed by atoms with E-state index in [0.29, 0.717) is 24.7 Å². The minimum atomic E-state index is -0.582. The summed E-state index contributed by atoms with van der Waals surface area (Å²) in [6.45, 7) is 1.19. The lowest BCUT2D eigenvalue weighted by Gasteiger charge is -2.34. The summed E-state index contributed by atoms with van der Waals surface area (Å²) in [5.41, 5.74) is 11.1. The molecule has 98 valence electrons. The predicted octanol–water partition coefficient (Wildman–Crippen LogP) is -1.24. The molecule has 1 aromatic rings. The maximum Gasteiger partial charge on any atom is 0.242 e. The molecule has 0 aromatic carbocycles. The summed E-state index contributed by atoms with van der Waals surface area (Å²) in [6, 6.07) is -0.582. The molecule has 1 atom stereocenters. The van der Waals surface area contributed by atoms with Crippen LogP contribution < -0.4 is 21.1 Å². The van der Waals surface area contributed by atoms with E-state index in [0.717, 1.165) is 0 Å². The second kappa shape index (κ2) is 5.05. The Morgan fingerprint density at radius 2 is 2.39 bits per heavy atom. The van der Waals surface area contributed by atoms with Gasteiger partial charge in [0.15, 0.2) is 11.6 Å². The van der Waals surface area contributed by atoms with Crippen LogP contribution >= 0.6 is 0 Å². The van der Waals surface area contributed by atoms with Crippen LogP contribution in [0.4, 0.5) is 11.6 Å². The standard InChI is InChI=1S/C10H15N5O3/c1-17-7-8(11)13-5-14-10(7)15-2-3-18-4-6(15)9(12)16/h5-6H,2-4H2,1H3,(H2,12,16)(H2,11,13,14). The maximum atomic E-state index is 11.4. The van der Waals surface area contributed by atoms with Gasteiger partial charge in [-0.1, -0.05) is 0 Å². The molecule has 0 spiro atoms.